The van der Waals surface area contributed by atoms with E-state index >= 15 is 0 Å². The molecule has 370 valence electrons. The number of pyridine rings is 1. The Kier molecular flexibility index (Phi) is 14.4. The van der Waals surface area contributed by atoms with Crippen molar-refractivity contribution in [3.63, 3.8) is 0 Å². The van der Waals surface area contributed by atoms with Crippen molar-refractivity contribution in [1.82, 2.24) is 35.1 Å². The van der Waals surface area contributed by atoms with Gasteiger partial charge in [0.2, 0.25) is 0 Å². The Morgan fingerprint density at radius 1 is 1.03 bits per heavy atom. The van der Waals surface area contributed by atoms with E-state index in [1.54, 1.807) is 27.7 Å². The van der Waals surface area contributed by atoms with Crippen LogP contribution in [0.5, 0.6) is 0 Å². The van der Waals surface area contributed by atoms with Crippen LogP contribution in [-0.4, -0.2) is 143 Å². The third-order valence-corrected chi connectivity index (χ3v) is 14.6. The number of fused-ring (bicyclic) bond motifs is 1. The molecule has 1 aromatic carbocycles. The summed E-state index contributed by atoms with van der Waals surface area (Å²) < 4.78 is 18.6. The fraction of sp³-hybridized carbons (Fsp3) is 0.635. The van der Waals surface area contributed by atoms with E-state index in [9.17, 15) is 24.3 Å². The molecule has 2 aromatic heterocycles. The average molecular weight is 939 g/mol. The molecule has 16 heteroatoms. The minimum Gasteiger partial charge on any atom is -0.468 e. The monoisotopic (exact) mass is 939 g/mol. The van der Waals surface area contributed by atoms with Crippen LogP contribution >= 0.6 is 0 Å². The van der Waals surface area contributed by atoms with E-state index in [1.807, 2.05) is 6.20 Å². The van der Waals surface area contributed by atoms with Crippen molar-refractivity contribution in [3.8, 4) is 11.3 Å². The molecule has 4 fully saturated rings. The number of hydrogen-bond donors (Lipinski definition) is 3. The van der Waals surface area contributed by atoms with E-state index in [4.69, 9.17) is 19.2 Å². The second-order valence-electron chi connectivity index (χ2n) is 21.6. The topological polar surface area (TPSA) is 171 Å². The van der Waals surface area contributed by atoms with Crippen LogP contribution in [-0.2, 0) is 41.6 Å². The molecule has 3 aromatic rings. The summed E-state index contributed by atoms with van der Waals surface area (Å²) in [4.78, 5) is 64.5. The summed E-state index contributed by atoms with van der Waals surface area (Å²) in [7, 11) is 1.33. The first-order chi connectivity index (χ1) is 32.3. The summed E-state index contributed by atoms with van der Waals surface area (Å²) in [6, 6.07) is 7.23. The first kappa shape index (κ1) is 49.4. The quantitative estimate of drug-likeness (QED) is 0.123. The number of piperidine rings is 1. The Bertz CT molecular complexity index is 2420. The second-order valence-corrected chi connectivity index (χ2v) is 21.6. The molecule has 5 atom stereocenters. The molecule has 5 aliphatic rings. The third-order valence-electron chi connectivity index (χ3n) is 14.6. The predicted molar refractivity (Wildman–Crippen MR) is 262 cm³/mol. The Morgan fingerprint density at radius 3 is 2.53 bits per heavy atom. The van der Waals surface area contributed by atoms with E-state index in [0.717, 1.165) is 76.5 Å². The highest BCUT2D eigenvalue weighted by molar-refractivity contribution is 5.95. The van der Waals surface area contributed by atoms with Crippen molar-refractivity contribution in [2.75, 3.05) is 71.0 Å². The summed E-state index contributed by atoms with van der Waals surface area (Å²) in [6.07, 6.45) is 8.97. The van der Waals surface area contributed by atoms with Crippen molar-refractivity contribution >= 4 is 46.1 Å². The van der Waals surface area contributed by atoms with Gasteiger partial charge >= 0.3 is 18.0 Å². The van der Waals surface area contributed by atoms with E-state index in [1.165, 1.54) is 44.8 Å². The van der Waals surface area contributed by atoms with Crippen LogP contribution in [0.2, 0.25) is 0 Å². The summed E-state index contributed by atoms with van der Waals surface area (Å²) in [5.41, 5.74) is 9.96. The number of aliphatic hydroxyl groups excluding tert-OH is 1. The standard InChI is InChI=1S/C52H74N8O8/c1-10-59-44-18-17-35(36-14-11-19-56(29-36)30-43(54-49(65)68-50(4,5)6)47(63)60-21-13-16-42(55-60)48(64)66-9)24-39(44)41(27-51(7,8)32-67-34(3)62)46(59)40-25-38(28-53-45(40)33(2)61)57-22-23-58-20-12-15-37-26-52(37,58)31-57/h14,17-18,24-25,28,33,37,42-43,55,61H,10-13,15-16,19-23,26-27,29-32H2,1-9H3,(H,54,65)/t33-,37+,42-,43-,52?/m0/s1. The fourth-order valence-corrected chi connectivity index (χ4v) is 11.3. The first-order valence-electron chi connectivity index (χ1n) is 24.8. The first-order valence-corrected chi connectivity index (χ1v) is 24.8. The zero-order chi connectivity index (χ0) is 48.7. The lowest BCUT2D eigenvalue weighted by atomic mass is 9.84. The number of esters is 2. The smallest absolute Gasteiger partial charge is 0.408 e. The van der Waals surface area contributed by atoms with Gasteiger partial charge in [-0.05, 0) is 127 Å². The Morgan fingerprint density at radius 2 is 1.81 bits per heavy atom. The van der Waals surface area contributed by atoms with Gasteiger partial charge in [0.05, 0.1) is 43.1 Å². The molecule has 1 aliphatic carbocycles. The number of hydrazine groups is 1. The van der Waals surface area contributed by atoms with Crippen LogP contribution in [0, 0.1) is 11.3 Å². The summed E-state index contributed by atoms with van der Waals surface area (Å²) in [5, 5.41) is 16.7. The number of rotatable bonds is 14. The maximum atomic E-state index is 14.2. The number of piperazine rings is 1. The third kappa shape index (κ3) is 10.6. The number of benzene rings is 1. The zero-order valence-corrected chi connectivity index (χ0v) is 41.8. The predicted octanol–water partition coefficient (Wildman–Crippen LogP) is 6.23. The van der Waals surface area contributed by atoms with Gasteiger partial charge in [0.25, 0.3) is 5.91 Å². The molecule has 0 bridgehead atoms. The lowest BCUT2D eigenvalue weighted by molar-refractivity contribution is -0.150. The molecule has 1 unspecified atom stereocenters. The number of nitrogens with zero attached hydrogens (tertiary/aromatic N) is 6. The van der Waals surface area contributed by atoms with Gasteiger partial charge in [-0.3, -0.25) is 34.2 Å². The van der Waals surface area contributed by atoms with Gasteiger partial charge in [0, 0.05) is 86.7 Å². The van der Waals surface area contributed by atoms with Crippen LogP contribution in [0.3, 0.4) is 0 Å². The van der Waals surface area contributed by atoms with E-state index in [-0.39, 0.29) is 30.6 Å². The molecule has 3 saturated heterocycles. The summed E-state index contributed by atoms with van der Waals surface area (Å²) in [6.45, 7) is 21.8. The van der Waals surface area contributed by atoms with Crippen LogP contribution in [0.25, 0.3) is 27.7 Å². The highest BCUT2D eigenvalue weighted by Crippen LogP contribution is 2.56. The van der Waals surface area contributed by atoms with E-state index in [0.29, 0.717) is 51.1 Å². The number of nitrogens with one attached hydrogen (secondary N) is 2. The number of aliphatic hydroxyl groups is 1. The molecule has 4 aliphatic heterocycles. The van der Waals surface area contributed by atoms with Crippen LogP contribution in [0.4, 0.5) is 10.5 Å². The number of alkyl carbamates (subject to hydrolysis) is 1. The number of anilines is 1. The summed E-state index contributed by atoms with van der Waals surface area (Å²) >= 11 is 0. The molecular weight excluding hydrogens is 865 g/mol. The molecule has 1 saturated carbocycles. The molecule has 68 heavy (non-hydrogen) atoms. The molecule has 8 rings (SSSR count). The number of methoxy groups -OCH3 is 1. The average Bonchev–Trinajstić information content (AvgIpc) is 3.95. The lowest BCUT2D eigenvalue weighted by Crippen LogP contribution is -2.62. The lowest BCUT2D eigenvalue weighted by Gasteiger charge is -2.46. The molecule has 6 heterocycles. The van der Waals surface area contributed by atoms with Gasteiger partial charge in [-0.25, -0.2) is 10.2 Å². The Hall–Kier alpha value is -5.03. The van der Waals surface area contributed by atoms with E-state index < -0.39 is 41.3 Å². The Balaban J connectivity index is 1.14. The zero-order valence-electron chi connectivity index (χ0n) is 41.8. The normalized spacial score (nSPS) is 23.2. The van der Waals surface area contributed by atoms with Crippen LogP contribution in [0.15, 0.2) is 36.5 Å². The van der Waals surface area contributed by atoms with Crippen molar-refractivity contribution in [2.24, 2.45) is 11.3 Å². The van der Waals surface area contributed by atoms with Crippen molar-refractivity contribution in [3.05, 3.63) is 53.4 Å². The molecule has 0 radical (unpaired) electrons. The molecule has 1 spiro atoms. The fourth-order valence-electron chi connectivity index (χ4n) is 11.3. The minimum atomic E-state index is -0.966. The summed E-state index contributed by atoms with van der Waals surface area (Å²) in [5.74, 6) is -0.372. The van der Waals surface area contributed by atoms with Gasteiger partial charge in [-0.1, -0.05) is 26.0 Å². The minimum absolute atomic E-state index is 0.215. The molecular formula is C52H74N8O8. The van der Waals surface area contributed by atoms with Crippen molar-refractivity contribution in [1.29, 1.82) is 0 Å². The number of aryl methyl sites for hydroxylation is 1. The molecule has 16 nitrogen and oxygen atoms in total. The SMILES string of the molecule is CCn1c(-c2cc(N3CCN4CCC[C@@H]5CC54C3)cnc2[C@H](C)O)c(CC(C)(C)COC(C)=O)c2cc(C3=CCCN(C[C@H](NC(=O)OC(C)(C)C)C(=O)N4CCC[C@@H](C(=O)OC)N4)C3)ccc21. The maximum Gasteiger partial charge on any atom is 0.408 e. The van der Waals surface area contributed by atoms with Gasteiger partial charge in [-0.15, -0.1) is 0 Å². The molecule has 2 amide bonds. The van der Waals surface area contributed by atoms with Crippen molar-refractivity contribution < 1.29 is 38.5 Å². The number of aromatic nitrogens is 2. The van der Waals surface area contributed by atoms with Crippen LogP contribution in [0.1, 0.15) is 117 Å². The number of carbonyl (C=O) groups excluding carboxylic acids is 4. The van der Waals surface area contributed by atoms with Gasteiger partial charge in [0.15, 0.2) is 0 Å². The van der Waals surface area contributed by atoms with Gasteiger partial charge < -0.3 is 34.1 Å². The van der Waals surface area contributed by atoms with Gasteiger partial charge in [-0.2, -0.15) is 0 Å². The highest BCUT2D eigenvalue weighted by atomic mass is 16.6. The maximum absolute atomic E-state index is 14.2. The van der Waals surface area contributed by atoms with Crippen molar-refractivity contribution in [2.45, 2.75) is 136 Å². The van der Waals surface area contributed by atoms with E-state index in [2.05, 4.69) is 81.1 Å². The number of hydrogen-bond acceptors (Lipinski definition) is 13. The number of amides is 2. The second kappa shape index (κ2) is 19.8. The largest absolute Gasteiger partial charge is 0.468 e. The van der Waals surface area contributed by atoms with Gasteiger partial charge in [0.1, 0.15) is 17.7 Å². The highest BCUT2D eigenvalue weighted by Gasteiger charge is 2.61. The molecule has 3 N–H and O–H groups in total. The number of carbonyl (C=O) groups is 4. The van der Waals surface area contributed by atoms with Crippen LogP contribution < -0.4 is 15.6 Å². The number of ether oxygens (including phenoxy) is 3. The Labute approximate surface area is 401 Å².